The maximum absolute atomic E-state index is 11.2. The van der Waals surface area contributed by atoms with E-state index in [2.05, 4.69) is 13.2 Å². The van der Waals surface area contributed by atoms with Crippen LogP contribution in [0.25, 0.3) is 0 Å². The highest BCUT2D eigenvalue weighted by Crippen LogP contribution is 2.25. The van der Waals surface area contributed by atoms with Gasteiger partial charge >= 0.3 is 11.9 Å². The average molecular weight is 288 g/mol. The number of ether oxygens (including phenoxy) is 3. The molecule has 5 atom stereocenters. The molecule has 1 rings (SSSR count). The van der Waals surface area contributed by atoms with Crippen LogP contribution in [-0.2, 0) is 23.8 Å². The van der Waals surface area contributed by atoms with Gasteiger partial charge in [-0.15, -0.1) is 0 Å². The molecule has 0 aromatic rings. The molecule has 3 N–H and O–H groups in total. The van der Waals surface area contributed by atoms with Crippen molar-refractivity contribution in [3.05, 3.63) is 25.3 Å². The van der Waals surface area contributed by atoms with Crippen molar-refractivity contribution in [3.63, 3.8) is 0 Å². The van der Waals surface area contributed by atoms with E-state index in [1.54, 1.807) is 0 Å². The Balaban J connectivity index is 2.95. The third-order valence-electron chi connectivity index (χ3n) is 2.65. The highest BCUT2D eigenvalue weighted by atomic mass is 16.7. The van der Waals surface area contributed by atoms with E-state index in [1.807, 2.05) is 0 Å². The number of hydrogen-bond donors (Lipinski definition) is 3. The normalized spacial score (nSPS) is 33.0. The van der Waals surface area contributed by atoms with Crippen LogP contribution in [0.1, 0.15) is 0 Å². The molecule has 0 amide bonds. The molecule has 3 unspecified atom stereocenters. The van der Waals surface area contributed by atoms with E-state index in [4.69, 9.17) is 19.3 Å². The number of aliphatic hydroxyl groups excluding tert-OH is 3. The molecule has 0 aromatic carbocycles. The second-order valence-corrected chi connectivity index (χ2v) is 3.95. The van der Waals surface area contributed by atoms with Crippen LogP contribution in [0.3, 0.4) is 0 Å². The van der Waals surface area contributed by atoms with Crippen molar-refractivity contribution in [2.45, 2.75) is 30.7 Å². The number of aliphatic hydroxyl groups is 3. The van der Waals surface area contributed by atoms with E-state index in [9.17, 15) is 19.8 Å². The molecule has 20 heavy (non-hydrogen) atoms. The Hall–Kier alpha value is -1.74. The zero-order valence-corrected chi connectivity index (χ0v) is 10.5. The van der Waals surface area contributed by atoms with Gasteiger partial charge in [-0.05, 0) is 0 Å². The third-order valence-corrected chi connectivity index (χ3v) is 2.65. The molecular formula is C12H16O8. The van der Waals surface area contributed by atoms with Gasteiger partial charge in [-0.3, -0.25) is 0 Å². The van der Waals surface area contributed by atoms with Crippen LogP contribution in [0, 0.1) is 0 Å². The van der Waals surface area contributed by atoms with Crippen LogP contribution in [0.5, 0.6) is 0 Å². The van der Waals surface area contributed by atoms with Gasteiger partial charge in [-0.1, -0.05) is 13.2 Å². The van der Waals surface area contributed by atoms with Gasteiger partial charge in [0, 0.05) is 12.2 Å². The molecule has 0 aromatic heterocycles. The summed E-state index contributed by atoms with van der Waals surface area (Å²) in [5, 5.41) is 28.7. The summed E-state index contributed by atoms with van der Waals surface area (Å²) in [6.07, 6.45) is -5.55. The third kappa shape index (κ3) is 3.64. The Morgan fingerprint density at radius 2 is 1.60 bits per heavy atom. The molecule has 1 aliphatic rings. The van der Waals surface area contributed by atoms with Gasteiger partial charge in [0.15, 0.2) is 18.5 Å². The van der Waals surface area contributed by atoms with Crippen LogP contribution >= 0.6 is 0 Å². The quantitative estimate of drug-likeness (QED) is 0.402. The summed E-state index contributed by atoms with van der Waals surface area (Å²) < 4.78 is 14.5. The Kier molecular flexibility index (Phi) is 5.83. The molecule has 112 valence electrons. The van der Waals surface area contributed by atoms with Gasteiger partial charge in [0.05, 0.1) is 6.61 Å². The van der Waals surface area contributed by atoms with Crippen molar-refractivity contribution in [1.29, 1.82) is 0 Å². The fourth-order valence-electron chi connectivity index (χ4n) is 1.68. The van der Waals surface area contributed by atoms with Crippen molar-refractivity contribution < 1.29 is 39.1 Å². The summed E-state index contributed by atoms with van der Waals surface area (Å²) in [7, 11) is 0. The first kappa shape index (κ1) is 16.3. The molecule has 0 saturated carbocycles. The first-order valence-corrected chi connectivity index (χ1v) is 5.73. The van der Waals surface area contributed by atoms with Gasteiger partial charge in [0.1, 0.15) is 12.2 Å². The van der Waals surface area contributed by atoms with Crippen molar-refractivity contribution in [2.24, 2.45) is 0 Å². The lowest BCUT2D eigenvalue weighted by Gasteiger charge is -2.40. The van der Waals surface area contributed by atoms with Gasteiger partial charge in [0.25, 0.3) is 0 Å². The minimum atomic E-state index is -1.68. The van der Waals surface area contributed by atoms with Gasteiger partial charge in [-0.25, -0.2) is 9.59 Å². The second kappa shape index (κ2) is 7.15. The van der Waals surface area contributed by atoms with Crippen molar-refractivity contribution >= 4 is 11.9 Å². The monoisotopic (exact) mass is 288 g/mol. The molecule has 0 bridgehead atoms. The summed E-state index contributed by atoms with van der Waals surface area (Å²) in [6.45, 7) is 5.75. The molecule has 1 aliphatic heterocycles. The maximum atomic E-state index is 11.2. The molecule has 8 heteroatoms. The number of carbonyl (C=O) groups excluding carboxylic acids is 2. The van der Waals surface area contributed by atoms with E-state index in [0.717, 1.165) is 12.2 Å². The summed E-state index contributed by atoms with van der Waals surface area (Å²) >= 11 is 0. The molecule has 1 saturated heterocycles. The number of esters is 2. The molecule has 0 aliphatic carbocycles. The smallest absolute Gasteiger partial charge is 0.330 e. The van der Waals surface area contributed by atoms with E-state index in [1.165, 1.54) is 0 Å². The molecule has 8 nitrogen and oxygen atoms in total. The zero-order valence-electron chi connectivity index (χ0n) is 10.5. The predicted octanol–water partition coefficient (Wildman–Crippen LogP) is -1.75. The highest BCUT2D eigenvalue weighted by molar-refractivity contribution is 5.82. The lowest BCUT2D eigenvalue weighted by Crippen LogP contribution is -2.61. The zero-order chi connectivity index (χ0) is 15.3. The lowest BCUT2D eigenvalue weighted by molar-refractivity contribution is -0.292. The average Bonchev–Trinajstić information content (AvgIpc) is 2.45. The molecule has 0 radical (unpaired) electrons. The molecule has 1 fully saturated rings. The first-order valence-electron chi connectivity index (χ1n) is 5.73. The van der Waals surface area contributed by atoms with Crippen LogP contribution in [0.4, 0.5) is 0 Å². The fraction of sp³-hybridized carbons (Fsp3) is 0.500. The minimum Gasteiger partial charge on any atom is -0.452 e. The summed E-state index contributed by atoms with van der Waals surface area (Å²) in [5.41, 5.74) is 0. The van der Waals surface area contributed by atoms with Gasteiger partial charge in [-0.2, -0.15) is 0 Å². The predicted molar refractivity (Wildman–Crippen MR) is 64.1 cm³/mol. The number of rotatable bonds is 5. The SMILES string of the molecule is C=CC(=O)OC1C(O)OC(CO)[C@@H](O)[C@@H]1OC(=O)C=C. The molecule has 0 spiro atoms. The topological polar surface area (TPSA) is 123 Å². The first-order chi connectivity index (χ1) is 9.44. The van der Waals surface area contributed by atoms with E-state index in [0.29, 0.717) is 0 Å². The minimum absolute atomic E-state index is 0.623. The van der Waals surface area contributed by atoms with E-state index < -0.39 is 49.3 Å². The molecule has 1 heterocycles. The van der Waals surface area contributed by atoms with Crippen LogP contribution in [0.2, 0.25) is 0 Å². The molecular weight excluding hydrogens is 272 g/mol. The van der Waals surface area contributed by atoms with Crippen LogP contribution in [0.15, 0.2) is 25.3 Å². The Morgan fingerprint density at radius 3 is 2.05 bits per heavy atom. The van der Waals surface area contributed by atoms with Crippen molar-refractivity contribution in [2.75, 3.05) is 6.61 Å². The van der Waals surface area contributed by atoms with Crippen molar-refractivity contribution in [1.82, 2.24) is 0 Å². The Morgan fingerprint density at radius 1 is 1.10 bits per heavy atom. The van der Waals surface area contributed by atoms with Crippen LogP contribution in [-0.4, -0.2) is 64.6 Å². The maximum Gasteiger partial charge on any atom is 0.330 e. The summed E-state index contributed by atoms with van der Waals surface area (Å²) in [6, 6.07) is 0. The van der Waals surface area contributed by atoms with E-state index >= 15 is 0 Å². The second-order valence-electron chi connectivity index (χ2n) is 3.95. The van der Waals surface area contributed by atoms with Gasteiger partial charge in [0.2, 0.25) is 0 Å². The fourth-order valence-corrected chi connectivity index (χ4v) is 1.68. The van der Waals surface area contributed by atoms with E-state index in [-0.39, 0.29) is 0 Å². The summed E-state index contributed by atoms with van der Waals surface area (Å²) in [5.74, 6) is -1.79. The highest BCUT2D eigenvalue weighted by Gasteiger charge is 2.48. The largest absolute Gasteiger partial charge is 0.452 e. The van der Waals surface area contributed by atoms with Gasteiger partial charge < -0.3 is 29.5 Å². The summed E-state index contributed by atoms with van der Waals surface area (Å²) in [4.78, 5) is 22.4. The lowest BCUT2D eigenvalue weighted by atomic mass is 9.99. The number of hydrogen-bond acceptors (Lipinski definition) is 8. The Labute approximate surface area is 114 Å². The standard InChI is InChI=1S/C12H16O8/c1-3-7(14)19-10-9(16)6(5-13)18-12(17)11(10)20-8(15)4-2/h3-4,6,9-13,16-17H,1-2,5H2/t6?,9-,10+,11?,12?/m1/s1. The Bertz CT molecular complexity index is 393. The number of carbonyl (C=O) groups is 2. The van der Waals surface area contributed by atoms with Crippen LogP contribution < -0.4 is 0 Å². The van der Waals surface area contributed by atoms with Crippen molar-refractivity contribution in [3.8, 4) is 0 Å².